The van der Waals surface area contributed by atoms with Gasteiger partial charge in [0.05, 0.1) is 6.42 Å². The highest BCUT2D eigenvalue weighted by Gasteiger charge is 2.15. The van der Waals surface area contributed by atoms with Crippen LogP contribution in [0.1, 0.15) is 30.1 Å². The Morgan fingerprint density at radius 3 is 2.35 bits per heavy atom. The van der Waals surface area contributed by atoms with Crippen molar-refractivity contribution in [1.82, 2.24) is 5.32 Å². The fourth-order valence-corrected chi connectivity index (χ4v) is 1.56. The molecule has 0 bridgehead atoms. The van der Waals surface area contributed by atoms with Crippen LogP contribution in [0.2, 0.25) is 0 Å². The normalized spacial score (nSPS) is 12.0. The average Bonchev–Trinajstić information content (AvgIpc) is 2.37. The molecule has 1 aromatic rings. The second-order valence-corrected chi connectivity index (χ2v) is 4.08. The molecule has 0 radical (unpaired) electrons. The molecule has 0 aliphatic carbocycles. The zero-order valence-electron chi connectivity index (χ0n) is 10.8. The van der Waals surface area contributed by atoms with Gasteiger partial charge in [-0.25, -0.2) is 0 Å². The topological polar surface area (TPSA) is 75.6 Å². The number of aliphatic carboxylic acids is 1. The molecule has 0 fully saturated rings. The van der Waals surface area contributed by atoms with Crippen LogP contribution in [-0.4, -0.2) is 29.6 Å². The van der Waals surface area contributed by atoms with E-state index in [2.05, 4.69) is 10.1 Å². The summed E-state index contributed by atoms with van der Waals surface area (Å²) < 4.78 is 28.1. The predicted molar refractivity (Wildman–Crippen MR) is 66.9 cm³/mol. The van der Waals surface area contributed by atoms with Gasteiger partial charge in [0.15, 0.2) is 0 Å². The number of hydrogen-bond donors (Lipinski definition) is 2. The van der Waals surface area contributed by atoms with Crippen molar-refractivity contribution in [2.45, 2.75) is 32.4 Å². The van der Waals surface area contributed by atoms with E-state index in [1.165, 1.54) is 24.3 Å². The fraction of sp³-hybridized carbons (Fsp3) is 0.385. The minimum Gasteiger partial charge on any atom is -0.481 e. The van der Waals surface area contributed by atoms with E-state index in [0.717, 1.165) is 0 Å². The Morgan fingerprint density at radius 1 is 1.30 bits per heavy atom. The average molecular weight is 287 g/mol. The van der Waals surface area contributed by atoms with Gasteiger partial charge in [-0.05, 0) is 30.7 Å². The van der Waals surface area contributed by atoms with Crippen LogP contribution in [0.25, 0.3) is 0 Å². The maximum Gasteiger partial charge on any atom is 0.387 e. The standard InChI is InChI=1S/C13H15F2NO4/c1-2-9(7-11(17)18)16-12(19)8-3-5-10(6-4-8)20-13(14)15/h3-6,9,13H,2,7H2,1H3,(H,16,19)(H,17,18). The third-order valence-electron chi connectivity index (χ3n) is 2.59. The van der Waals surface area contributed by atoms with Crippen LogP contribution in [0.4, 0.5) is 8.78 Å². The zero-order valence-corrected chi connectivity index (χ0v) is 10.8. The molecule has 1 atom stereocenters. The van der Waals surface area contributed by atoms with Gasteiger partial charge in [-0.2, -0.15) is 8.78 Å². The van der Waals surface area contributed by atoms with Gasteiger partial charge < -0.3 is 15.2 Å². The number of carbonyl (C=O) groups excluding carboxylic acids is 1. The number of rotatable bonds is 7. The first-order valence-corrected chi connectivity index (χ1v) is 6.00. The number of benzene rings is 1. The van der Waals surface area contributed by atoms with Gasteiger partial charge in [0.2, 0.25) is 0 Å². The first-order chi connectivity index (χ1) is 9.42. The van der Waals surface area contributed by atoms with Crippen LogP contribution in [-0.2, 0) is 4.79 Å². The quantitative estimate of drug-likeness (QED) is 0.806. The predicted octanol–water partition coefficient (Wildman–Crippen LogP) is 2.27. The third kappa shape index (κ3) is 5.21. The summed E-state index contributed by atoms with van der Waals surface area (Å²) in [5.74, 6) is -1.51. The second kappa shape index (κ2) is 7.42. The summed E-state index contributed by atoms with van der Waals surface area (Å²) in [4.78, 5) is 22.4. The summed E-state index contributed by atoms with van der Waals surface area (Å²) in [7, 11) is 0. The van der Waals surface area contributed by atoms with Gasteiger partial charge in [-0.15, -0.1) is 0 Å². The molecule has 0 spiro atoms. The molecule has 110 valence electrons. The van der Waals surface area contributed by atoms with Crippen molar-refractivity contribution >= 4 is 11.9 Å². The molecular weight excluding hydrogens is 272 g/mol. The number of hydrogen-bond acceptors (Lipinski definition) is 3. The van der Waals surface area contributed by atoms with E-state index in [0.29, 0.717) is 6.42 Å². The number of ether oxygens (including phenoxy) is 1. The highest BCUT2D eigenvalue weighted by Crippen LogP contribution is 2.15. The van der Waals surface area contributed by atoms with Crippen molar-refractivity contribution in [3.63, 3.8) is 0 Å². The Labute approximate surface area is 114 Å². The summed E-state index contributed by atoms with van der Waals surface area (Å²) in [5, 5.41) is 11.2. The largest absolute Gasteiger partial charge is 0.481 e. The first kappa shape index (κ1) is 15.9. The van der Waals surface area contributed by atoms with Gasteiger partial charge in [-0.1, -0.05) is 6.92 Å². The lowest BCUT2D eigenvalue weighted by molar-refractivity contribution is -0.137. The summed E-state index contributed by atoms with van der Waals surface area (Å²) >= 11 is 0. The molecule has 0 aliphatic heterocycles. The third-order valence-corrected chi connectivity index (χ3v) is 2.59. The monoisotopic (exact) mass is 287 g/mol. The van der Waals surface area contributed by atoms with E-state index < -0.39 is 24.5 Å². The summed E-state index contributed by atoms with van der Waals surface area (Å²) in [6.07, 6.45) is 0.305. The van der Waals surface area contributed by atoms with Crippen molar-refractivity contribution in [2.24, 2.45) is 0 Å². The lowest BCUT2D eigenvalue weighted by Crippen LogP contribution is -2.35. The maximum absolute atomic E-state index is 12.0. The van der Waals surface area contributed by atoms with Crippen LogP contribution in [0.3, 0.4) is 0 Å². The molecule has 1 aromatic carbocycles. The van der Waals surface area contributed by atoms with Crippen molar-refractivity contribution in [2.75, 3.05) is 0 Å². The molecule has 1 rings (SSSR count). The highest BCUT2D eigenvalue weighted by atomic mass is 19.3. The number of carboxylic acids is 1. The molecule has 0 saturated heterocycles. The van der Waals surface area contributed by atoms with E-state index in [-0.39, 0.29) is 17.7 Å². The van der Waals surface area contributed by atoms with Crippen molar-refractivity contribution in [3.05, 3.63) is 29.8 Å². The molecule has 5 nitrogen and oxygen atoms in total. The Bertz CT molecular complexity index is 462. The molecule has 7 heteroatoms. The van der Waals surface area contributed by atoms with Crippen molar-refractivity contribution in [1.29, 1.82) is 0 Å². The maximum atomic E-state index is 12.0. The summed E-state index contributed by atoms with van der Waals surface area (Å²) in [5.41, 5.74) is 0.246. The van der Waals surface area contributed by atoms with E-state index >= 15 is 0 Å². The van der Waals surface area contributed by atoms with Gasteiger partial charge in [-0.3, -0.25) is 9.59 Å². The minimum absolute atomic E-state index is 0.0471. The molecule has 20 heavy (non-hydrogen) atoms. The number of amides is 1. The minimum atomic E-state index is -2.92. The van der Waals surface area contributed by atoms with Crippen LogP contribution in [0.5, 0.6) is 5.75 Å². The molecule has 1 amide bonds. The van der Waals surface area contributed by atoms with Gasteiger partial charge in [0.25, 0.3) is 5.91 Å². The Hall–Kier alpha value is -2.18. The zero-order chi connectivity index (χ0) is 15.1. The molecule has 1 unspecified atom stereocenters. The van der Waals surface area contributed by atoms with Crippen LogP contribution >= 0.6 is 0 Å². The SMILES string of the molecule is CCC(CC(=O)O)NC(=O)c1ccc(OC(F)F)cc1. The van der Waals surface area contributed by atoms with Crippen LogP contribution in [0.15, 0.2) is 24.3 Å². The van der Waals surface area contributed by atoms with Crippen LogP contribution in [0, 0.1) is 0 Å². The number of nitrogens with one attached hydrogen (secondary N) is 1. The molecule has 0 aromatic heterocycles. The lowest BCUT2D eigenvalue weighted by atomic mass is 10.1. The number of carboxylic acid groups (broad SMARTS) is 1. The summed E-state index contributed by atoms with van der Waals surface area (Å²) in [6, 6.07) is 4.69. The van der Waals surface area contributed by atoms with Gasteiger partial charge in [0, 0.05) is 11.6 Å². The molecule has 0 aliphatic rings. The van der Waals surface area contributed by atoms with E-state index in [1.54, 1.807) is 6.92 Å². The van der Waals surface area contributed by atoms with E-state index in [9.17, 15) is 18.4 Å². The molecule has 0 saturated carbocycles. The molecule has 2 N–H and O–H groups in total. The van der Waals surface area contributed by atoms with E-state index in [1.807, 2.05) is 0 Å². The van der Waals surface area contributed by atoms with Crippen molar-refractivity contribution in [3.8, 4) is 5.75 Å². The smallest absolute Gasteiger partial charge is 0.387 e. The van der Waals surface area contributed by atoms with Gasteiger partial charge in [0.1, 0.15) is 5.75 Å². The Morgan fingerprint density at radius 2 is 1.90 bits per heavy atom. The fourth-order valence-electron chi connectivity index (χ4n) is 1.56. The number of carbonyl (C=O) groups is 2. The van der Waals surface area contributed by atoms with Crippen molar-refractivity contribution < 1.29 is 28.2 Å². The molecular formula is C13H15F2NO4. The van der Waals surface area contributed by atoms with Crippen LogP contribution < -0.4 is 10.1 Å². The number of halogens is 2. The molecule has 0 heterocycles. The number of alkyl halides is 2. The Balaban J connectivity index is 2.65. The highest BCUT2D eigenvalue weighted by molar-refractivity contribution is 5.94. The van der Waals surface area contributed by atoms with E-state index in [4.69, 9.17) is 5.11 Å². The lowest BCUT2D eigenvalue weighted by Gasteiger charge is -2.15. The van der Waals surface area contributed by atoms with Gasteiger partial charge >= 0.3 is 12.6 Å². The second-order valence-electron chi connectivity index (χ2n) is 4.08. The summed E-state index contributed by atoms with van der Waals surface area (Å²) in [6.45, 7) is -1.16. The first-order valence-electron chi connectivity index (χ1n) is 6.00. The Kier molecular flexibility index (Phi) is 5.89.